The molecule has 3 rings (SSSR count). The number of nitrogens with one attached hydrogen (secondary N) is 1. The standard InChI is InChI=1S/C19H20N6O3/c1-6-13-16(26)25(18(27)22-13)17-23-15(10-21-24-17)28-14-8-7-11(20-5)9-12(14)19(2,3)4/h7-10,13H,6H2,1-4H3,(H,22,27)/t13-/m1/s1. The van der Waals surface area contributed by atoms with Crippen molar-refractivity contribution in [1.29, 1.82) is 0 Å². The van der Waals surface area contributed by atoms with Crippen LogP contribution in [0, 0.1) is 6.57 Å². The molecule has 9 heteroatoms. The lowest BCUT2D eigenvalue weighted by Gasteiger charge is -2.23. The number of anilines is 1. The molecule has 0 radical (unpaired) electrons. The Morgan fingerprint density at radius 3 is 2.68 bits per heavy atom. The van der Waals surface area contributed by atoms with Gasteiger partial charge in [0.25, 0.3) is 11.9 Å². The fourth-order valence-electron chi connectivity index (χ4n) is 2.80. The Morgan fingerprint density at radius 1 is 1.32 bits per heavy atom. The van der Waals surface area contributed by atoms with Crippen LogP contribution in [0.5, 0.6) is 11.6 Å². The third-order valence-corrected chi connectivity index (χ3v) is 4.27. The van der Waals surface area contributed by atoms with Gasteiger partial charge < -0.3 is 10.1 Å². The molecule has 1 aromatic carbocycles. The van der Waals surface area contributed by atoms with Crippen LogP contribution in [0.3, 0.4) is 0 Å². The second-order valence-corrected chi connectivity index (χ2v) is 7.32. The largest absolute Gasteiger partial charge is 0.437 e. The minimum Gasteiger partial charge on any atom is -0.437 e. The van der Waals surface area contributed by atoms with Crippen LogP contribution in [0.1, 0.15) is 39.7 Å². The topological polar surface area (TPSA) is 102 Å². The van der Waals surface area contributed by atoms with Crippen LogP contribution in [0.25, 0.3) is 4.85 Å². The van der Waals surface area contributed by atoms with E-state index in [9.17, 15) is 9.59 Å². The molecule has 0 unspecified atom stereocenters. The minimum atomic E-state index is -0.602. The quantitative estimate of drug-likeness (QED) is 0.645. The van der Waals surface area contributed by atoms with E-state index in [4.69, 9.17) is 11.3 Å². The lowest BCUT2D eigenvalue weighted by molar-refractivity contribution is -0.118. The normalized spacial score (nSPS) is 16.7. The molecule has 1 fully saturated rings. The molecule has 2 aromatic rings. The van der Waals surface area contributed by atoms with E-state index in [0.717, 1.165) is 10.5 Å². The zero-order valence-corrected chi connectivity index (χ0v) is 16.1. The van der Waals surface area contributed by atoms with Gasteiger partial charge in [-0.15, -0.1) is 10.2 Å². The van der Waals surface area contributed by atoms with Crippen molar-refractivity contribution in [2.75, 3.05) is 4.90 Å². The van der Waals surface area contributed by atoms with Gasteiger partial charge in [0.2, 0.25) is 5.88 Å². The van der Waals surface area contributed by atoms with Crippen molar-refractivity contribution in [1.82, 2.24) is 20.5 Å². The van der Waals surface area contributed by atoms with E-state index in [1.165, 1.54) is 6.20 Å². The van der Waals surface area contributed by atoms with Gasteiger partial charge in [-0.2, -0.15) is 9.88 Å². The van der Waals surface area contributed by atoms with E-state index >= 15 is 0 Å². The molecular weight excluding hydrogens is 360 g/mol. The highest BCUT2D eigenvalue weighted by Crippen LogP contribution is 2.36. The van der Waals surface area contributed by atoms with Crippen molar-refractivity contribution < 1.29 is 14.3 Å². The van der Waals surface area contributed by atoms with Gasteiger partial charge in [-0.1, -0.05) is 33.8 Å². The van der Waals surface area contributed by atoms with Crippen LogP contribution < -0.4 is 15.0 Å². The van der Waals surface area contributed by atoms with Crippen LogP contribution in [0.15, 0.2) is 24.4 Å². The number of imide groups is 1. The molecule has 3 amide bonds. The Morgan fingerprint density at radius 2 is 2.07 bits per heavy atom. The molecule has 1 N–H and O–H groups in total. The Bertz CT molecular complexity index is 976. The van der Waals surface area contributed by atoms with Gasteiger partial charge in [0.15, 0.2) is 5.69 Å². The molecule has 1 aromatic heterocycles. The zero-order valence-electron chi connectivity index (χ0n) is 16.1. The SMILES string of the molecule is [C-]#[N+]c1ccc(Oc2cnnc(N3C(=O)N[C@H](CC)C3=O)n2)c(C(C)(C)C)c1. The van der Waals surface area contributed by atoms with Crippen LogP contribution in [-0.2, 0) is 10.2 Å². The van der Waals surface area contributed by atoms with Gasteiger partial charge in [-0.05, 0) is 29.5 Å². The number of urea groups is 1. The van der Waals surface area contributed by atoms with E-state index in [1.54, 1.807) is 25.1 Å². The highest BCUT2D eigenvalue weighted by Gasteiger charge is 2.40. The Hall–Kier alpha value is -3.54. The molecule has 1 saturated heterocycles. The van der Waals surface area contributed by atoms with E-state index in [-0.39, 0.29) is 17.2 Å². The number of rotatable bonds is 4. The van der Waals surface area contributed by atoms with Gasteiger partial charge in [0.05, 0.1) is 6.57 Å². The fourth-order valence-corrected chi connectivity index (χ4v) is 2.80. The summed E-state index contributed by atoms with van der Waals surface area (Å²) < 4.78 is 5.87. The van der Waals surface area contributed by atoms with Gasteiger partial charge in [0, 0.05) is 0 Å². The average molecular weight is 380 g/mol. The molecule has 1 atom stereocenters. The van der Waals surface area contributed by atoms with Crippen molar-refractivity contribution in [2.24, 2.45) is 0 Å². The third kappa shape index (κ3) is 3.62. The van der Waals surface area contributed by atoms with Crippen molar-refractivity contribution in [3.05, 3.63) is 41.4 Å². The Labute approximate surface area is 162 Å². The number of hydrogen-bond donors (Lipinski definition) is 1. The predicted molar refractivity (Wildman–Crippen MR) is 101 cm³/mol. The Kier molecular flexibility index (Phi) is 4.96. The maximum absolute atomic E-state index is 12.3. The van der Waals surface area contributed by atoms with E-state index < -0.39 is 18.0 Å². The predicted octanol–water partition coefficient (Wildman–Crippen LogP) is 3.35. The van der Waals surface area contributed by atoms with Gasteiger partial charge in [-0.3, -0.25) is 4.79 Å². The summed E-state index contributed by atoms with van der Waals surface area (Å²) in [5, 5.41) is 10.2. The summed E-state index contributed by atoms with van der Waals surface area (Å²) in [6, 6.07) is 3.91. The first-order valence-corrected chi connectivity index (χ1v) is 8.78. The van der Waals surface area contributed by atoms with E-state index in [1.807, 2.05) is 20.8 Å². The first kappa shape index (κ1) is 19.2. The van der Waals surface area contributed by atoms with Crippen molar-refractivity contribution >= 4 is 23.6 Å². The summed E-state index contributed by atoms with van der Waals surface area (Å²) in [4.78, 5) is 32.9. The summed E-state index contributed by atoms with van der Waals surface area (Å²) in [7, 11) is 0. The Balaban J connectivity index is 1.94. The fraction of sp³-hybridized carbons (Fsp3) is 0.368. The first-order chi connectivity index (χ1) is 13.2. The van der Waals surface area contributed by atoms with Crippen LogP contribution in [0.2, 0.25) is 0 Å². The number of carbonyl (C=O) groups is 2. The maximum Gasteiger partial charge on any atom is 0.331 e. The zero-order chi connectivity index (χ0) is 20.5. The molecule has 0 bridgehead atoms. The molecule has 144 valence electrons. The summed E-state index contributed by atoms with van der Waals surface area (Å²) in [5.41, 5.74) is 1.05. The number of aromatic nitrogens is 3. The van der Waals surface area contributed by atoms with Crippen LogP contribution in [-0.4, -0.2) is 33.2 Å². The molecule has 1 aliphatic rings. The summed E-state index contributed by atoms with van der Waals surface area (Å²) in [5.74, 6) is 0.0240. The first-order valence-electron chi connectivity index (χ1n) is 8.78. The molecule has 28 heavy (non-hydrogen) atoms. The van der Waals surface area contributed by atoms with E-state index in [2.05, 4.69) is 25.3 Å². The number of nitrogens with zero attached hydrogens (tertiary/aromatic N) is 5. The summed E-state index contributed by atoms with van der Waals surface area (Å²) >= 11 is 0. The molecule has 0 spiro atoms. The summed E-state index contributed by atoms with van der Waals surface area (Å²) in [6.07, 6.45) is 1.77. The van der Waals surface area contributed by atoms with Crippen LogP contribution >= 0.6 is 0 Å². The van der Waals surface area contributed by atoms with E-state index in [0.29, 0.717) is 17.9 Å². The monoisotopic (exact) mass is 380 g/mol. The molecule has 1 aliphatic heterocycles. The minimum absolute atomic E-state index is 0.0895. The highest BCUT2D eigenvalue weighted by atomic mass is 16.5. The summed E-state index contributed by atoms with van der Waals surface area (Å²) in [6.45, 7) is 15.0. The number of carbonyl (C=O) groups excluding carboxylic acids is 2. The third-order valence-electron chi connectivity index (χ3n) is 4.27. The smallest absolute Gasteiger partial charge is 0.331 e. The molecule has 0 aliphatic carbocycles. The molecule has 0 saturated carbocycles. The maximum atomic E-state index is 12.3. The average Bonchev–Trinajstić information content (AvgIpc) is 2.95. The van der Waals surface area contributed by atoms with Crippen molar-refractivity contribution in [2.45, 2.75) is 45.6 Å². The number of hydrogen-bond acceptors (Lipinski definition) is 6. The number of ether oxygens (including phenoxy) is 1. The lowest BCUT2D eigenvalue weighted by atomic mass is 9.86. The molecular formula is C19H20N6O3. The second-order valence-electron chi connectivity index (χ2n) is 7.32. The van der Waals surface area contributed by atoms with Crippen molar-refractivity contribution in [3.8, 4) is 11.6 Å². The number of amides is 3. The second kappa shape index (κ2) is 7.23. The van der Waals surface area contributed by atoms with Gasteiger partial charge in [-0.25, -0.2) is 9.64 Å². The van der Waals surface area contributed by atoms with Gasteiger partial charge in [0.1, 0.15) is 18.0 Å². The molecule has 9 nitrogen and oxygen atoms in total. The van der Waals surface area contributed by atoms with Gasteiger partial charge >= 0.3 is 6.03 Å². The van der Waals surface area contributed by atoms with Crippen LogP contribution in [0.4, 0.5) is 16.4 Å². The molecule has 2 heterocycles. The number of benzene rings is 1. The highest BCUT2D eigenvalue weighted by molar-refractivity contribution is 6.20. The lowest BCUT2D eigenvalue weighted by Crippen LogP contribution is -2.33. The van der Waals surface area contributed by atoms with Crippen molar-refractivity contribution in [3.63, 3.8) is 0 Å².